The van der Waals surface area contributed by atoms with Crippen molar-refractivity contribution in [3.05, 3.63) is 141 Å². The van der Waals surface area contributed by atoms with Crippen LogP contribution in [0.15, 0.2) is 84.9 Å². The molecular formula is C37H52. The van der Waals surface area contributed by atoms with Crippen molar-refractivity contribution in [1.29, 1.82) is 0 Å². The van der Waals surface area contributed by atoms with Gasteiger partial charge in [0.15, 0.2) is 0 Å². The molecule has 0 unspecified atom stereocenters. The minimum absolute atomic E-state index is 0. The molecule has 0 amide bonds. The molecule has 0 aliphatic rings. The Labute approximate surface area is 229 Å². The quantitative estimate of drug-likeness (QED) is 0.259. The molecule has 0 saturated carbocycles. The Morgan fingerprint density at radius 3 is 1.14 bits per heavy atom. The summed E-state index contributed by atoms with van der Waals surface area (Å²) in [5, 5.41) is 0. The third-order valence-corrected chi connectivity index (χ3v) is 6.19. The Hall–Kier alpha value is -3.12. The van der Waals surface area contributed by atoms with E-state index in [2.05, 4.69) is 154 Å². The van der Waals surface area contributed by atoms with Crippen LogP contribution in [0.2, 0.25) is 0 Å². The molecule has 0 nitrogen and oxygen atoms in total. The minimum atomic E-state index is 0. The zero-order valence-corrected chi connectivity index (χ0v) is 24.5. The molecule has 0 fully saturated rings. The molecule has 0 bridgehead atoms. The van der Waals surface area contributed by atoms with E-state index >= 15 is 0 Å². The lowest BCUT2D eigenvalue weighted by Crippen LogP contribution is -1.88. The second-order valence-electron chi connectivity index (χ2n) is 9.96. The predicted molar refractivity (Wildman–Crippen MR) is 169 cm³/mol. The molecule has 37 heavy (non-hydrogen) atoms. The second-order valence-corrected chi connectivity index (χ2v) is 9.96. The Bertz CT molecular complexity index is 1080. The van der Waals surface area contributed by atoms with E-state index in [0.717, 1.165) is 6.42 Å². The van der Waals surface area contributed by atoms with Crippen molar-refractivity contribution >= 4 is 0 Å². The Morgan fingerprint density at radius 2 is 0.811 bits per heavy atom. The summed E-state index contributed by atoms with van der Waals surface area (Å²) in [6.07, 6.45) is 2.28. The van der Waals surface area contributed by atoms with Gasteiger partial charge in [-0.3, -0.25) is 0 Å². The number of aryl methyl sites for hydroxylation is 7. The maximum atomic E-state index is 2.20. The monoisotopic (exact) mass is 496 g/mol. The van der Waals surface area contributed by atoms with E-state index in [9.17, 15) is 0 Å². The molecule has 0 aromatic heterocycles. The average Bonchev–Trinajstić information content (AvgIpc) is 2.84. The lowest BCUT2D eigenvalue weighted by molar-refractivity contribution is 1.09. The summed E-state index contributed by atoms with van der Waals surface area (Å²) in [6.45, 7) is 21.3. The highest BCUT2D eigenvalue weighted by Gasteiger charge is 1.96. The van der Waals surface area contributed by atoms with Gasteiger partial charge >= 0.3 is 0 Å². The SMILES string of the molecule is C.CCC.Cc1ccc(C)c(C)c1.Cc1ccc(Cc2ccc(C)cc2)cc1.Cc1cccc(C)c1C. The standard InChI is InChI=1S/C15H16.2C9H12.C3H8.CH4/c1-12-3-7-14(8-4-12)11-15-9-5-13(2)6-10-15;1-7-4-5-8(2)9(3)6-7;1-7-5-4-6-8(2)9(7)3;1-3-2;/h3-10H,11H2,1-2H3;2*4-6H,1-3H3;3H2,1-2H3;1H4. The van der Waals surface area contributed by atoms with Gasteiger partial charge in [-0.1, -0.05) is 129 Å². The summed E-state index contributed by atoms with van der Waals surface area (Å²) < 4.78 is 0. The Morgan fingerprint density at radius 1 is 0.432 bits per heavy atom. The largest absolute Gasteiger partial charge is 0.0776 e. The first kappa shape index (κ1) is 33.9. The van der Waals surface area contributed by atoms with E-state index in [1.54, 1.807) is 0 Å². The summed E-state index contributed by atoms with van der Waals surface area (Å²) in [5.74, 6) is 0. The maximum absolute atomic E-state index is 2.20. The van der Waals surface area contributed by atoms with Gasteiger partial charge in [-0.15, -0.1) is 0 Å². The molecule has 0 heteroatoms. The first-order valence-electron chi connectivity index (χ1n) is 13.2. The number of hydrogen-bond acceptors (Lipinski definition) is 0. The van der Waals surface area contributed by atoms with Gasteiger partial charge in [0.2, 0.25) is 0 Å². The van der Waals surface area contributed by atoms with Gasteiger partial charge < -0.3 is 0 Å². The van der Waals surface area contributed by atoms with Crippen LogP contribution >= 0.6 is 0 Å². The Balaban J connectivity index is 0.000000514. The normalized spacial score (nSPS) is 9.35. The summed E-state index contributed by atoms with van der Waals surface area (Å²) in [4.78, 5) is 0. The first-order chi connectivity index (χ1) is 17.1. The molecule has 0 aliphatic heterocycles. The van der Waals surface area contributed by atoms with Crippen LogP contribution in [0.5, 0.6) is 0 Å². The van der Waals surface area contributed by atoms with Crippen LogP contribution < -0.4 is 0 Å². The number of rotatable bonds is 2. The summed E-state index contributed by atoms with van der Waals surface area (Å²) in [5.41, 5.74) is 13.7. The van der Waals surface area contributed by atoms with Crippen molar-refractivity contribution < 1.29 is 0 Å². The predicted octanol–water partition coefficient (Wildman–Crippen LogP) is 11.2. The lowest BCUT2D eigenvalue weighted by atomic mass is 10.0. The molecule has 4 rings (SSSR count). The molecule has 0 spiro atoms. The zero-order chi connectivity index (χ0) is 27.1. The lowest BCUT2D eigenvalue weighted by Gasteiger charge is -2.03. The molecule has 0 heterocycles. The van der Waals surface area contributed by atoms with E-state index in [0.29, 0.717) is 0 Å². The smallest absolute Gasteiger partial charge is 0.00258 e. The van der Waals surface area contributed by atoms with Crippen LogP contribution in [0.1, 0.15) is 83.3 Å². The van der Waals surface area contributed by atoms with E-state index in [1.807, 2.05) is 0 Å². The van der Waals surface area contributed by atoms with Gasteiger partial charge in [0, 0.05) is 0 Å². The van der Waals surface area contributed by atoms with Gasteiger partial charge in [0.05, 0.1) is 0 Å². The van der Waals surface area contributed by atoms with Gasteiger partial charge in [0.25, 0.3) is 0 Å². The third-order valence-electron chi connectivity index (χ3n) is 6.19. The fraction of sp³-hybridized carbons (Fsp3) is 0.351. The van der Waals surface area contributed by atoms with Crippen molar-refractivity contribution in [2.45, 2.75) is 89.5 Å². The summed E-state index contributed by atoms with van der Waals surface area (Å²) in [7, 11) is 0. The van der Waals surface area contributed by atoms with Crippen LogP contribution in [0, 0.1) is 55.4 Å². The van der Waals surface area contributed by atoms with E-state index in [1.165, 1.54) is 62.1 Å². The van der Waals surface area contributed by atoms with Crippen molar-refractivity contribution in [1.82, 2.24) is 0 Å². The highest BCUT2D eigenvalue weighted by atomic mass is 14.0. The molecule has 4 aromatic carbocycles. The van der Waals surface area contributed by atoms with Crippen LogP contribution in [0.3, 0.4) is 0 Å². The van der Waals surface area contributed by atoms with Crippen molar-refractivity contribution in [3.63, 3.8) is 0 Å². The minimum Gasteiger partial charge on any atom is -0.0776 e. The highest BCUT2D eigenvalue weighted by Crippen LogP contribution is 2.12. The van der Waals surface area contributed by atoms with Crippen LogP contribution in [-0.4, -0.2) is 0 Å². The molecule has 0 N–H and O–H groups in total. The van der Waals surface area contributed by atoms with Crippen LogP contribution in [-0.2, 0) is 6.42 Å². The highest BCUT2D eigenvalue weighted by molar-refractivity contribution is 5.32. The van der Waals surface area contributed by atoms with Gasteiger partial charge in [0.1, 0.15) is 0 Å². The van der Waals surface area contributed by atoms with Crippen LogP contribution in [0.25, 0.3) is 0 Å². The van der Waals surface area contributed by atoms with E-state index in [-0.39, 0.29) is 7.43 Å². The molecule has 0 atom stereocenters. The molecule has 0 aliphatic carbocycles. The first-order valence-corrected chi connectivity index (χ1v) is 13.2. The number of hydrogen-bond donors (Lipinski definition) is 0. The topological polar surface area (TPSA) is 0 Å². The number of benzene rings is 4. The summed E-state index contributed by atoms with van der Waals surface area (Å²) >= 11 is 0. The molecule has 0 saturated heterocycles. The fourth-order valence-electron chi connectivity index (χ4n) is 3.44. The van der Waals surface area contributed by atoms with Crippen molar-refractivity contribution in [2.24, 2.45) is 0 Å². The molecule has 0 radical (unpaired) electrons. The summed E-state index contributed by atoms with van der Waals surface area (Å²) in [6, 6.07) is 30.4. The maximum Gasteiger partial charge on any atom is -0.00258 e. The fourth-order valence-corrected chi connectivity index (χ4v) is 3.44. The van der Waals surface area contributed by atoms with Gasteiger partial charge in [-0.2, -0.15) is 0 Å². The molecular weight excluding hydrogens is 444 g/mol. The molecule has 200 valence electrons. The van der Waals surface area contributed by atoms with E-state index in [4.69, 9.17) is 0 Å². The second kappa shape index (κ2) is 18.2. The zero-order valence-electron chi connectivity index (χ0n) is 24.5. The van der Waals surface area contributed by atoms with Crippen molar-refractivity contribution in [3.8, 4) is 0 Å². The average molecular weight is 497 g/mol. The third kappa shape index (κ3) is 13.7. The van der Waals surface area contributed by atoms with E-state index < -0.39 is 0 Å². The van der Waals surface area contributed by atoms with Gasteiger partial charge in [-0.25, -0.2) is 0 Å². The van der Waals surface area contributed by atoms with Gasteiger partial charge in [-0.05, 0) is 101 Å². The Kier molecular flexibility index (Phi) is 16.6. The van der Waals surface area contributed by atoms with Crippen LogP contribution in [0.4, 0.5) is 0 Å². The molecule has 4 aromatic rings. The van der Waals surface area contributed by atoms with Crippen molar-refractivity contribution in [2.75, 3.05) is 0 Å².